The lowest BCUT2D eigenvalue weighted by Crippen LogP contribution is -2.47. The first-order chi connectivity index (χ1) is 13.7. The maximum absolute atomic E-state index is 12.5. The second kappa shape index (κ2) is 9.68. The quantitative estimate of drug-likeness (QED) is 0.520. The Balaban J connectivity index is 2.02. The molecule has 1 aromatic carbocycles. The molecule has 0 bridgehead atoms. The summed E-state index contributed by atoms with van der Waals surface area (Å²) in [7, 11) is 0. The van der Waals surface area contributed by atoms with Gasteiger partial charge < -0.3 is 19.8 Å². The van der Waals surface area contributed by atoms with Gasteiger partial charge in [-0.1, -0.05) is 26.0 Å². The van der Waals surface area contributed by atoms with E-state index in [1.165, 1.54) is 26.2 Å². The Labute approximate surface area is 168 Å². The first-order valence-electron chi connectivity index (χ1n) is 9.16. The molecule has 0 unspecified atom stereocenters. The summed E-state index contributed by atoms with van der Waals surface area (Å²) in [6, 6.07) is 8.61. The van der Waals surface area contributed by atoms with Gasteiger partial charge in [-0.3, -0.25) is 14.4 Å². The molecule has 2 aromatic rings. The number of carbonyl (C=O) groups excluding carboxylic acids is 4. The number of hydrogen-bond acceptors (Lipinski definition) is 6. The Morgan fingerprint density at radius 1 is 1.00 bits per heavy atom. The van der Waals surface area contributed by atoms with E-state index in [-0.39, 0.29) is 17.5 Å². The van der Waals surface area contributed by atoms with Gasteiger partial charge in [-0.05, 0) is 44.0 Å². The van der Waals surface area contributed by atoms with Gasteiger partial charge in [0, 0.05) is 5.56 Å². The predicted molar refractivity (Wildman–Crippen MR) is 105 cm³/mol. The second-order valence-electron chi connectivity index (χ2n) is 6.84. The number of esters is 1. The molecule has 0 saturated carbocycles. The van der Waals surface area contributed by atoms with E-state index >= 15 is 0 Å². The SMILES string of the molecule is CC(=O)c1ccccc1NC(=O)[C@H](C)OC(=O)[C@@H](NC(=O)c1ccco1)C(C)C. The van der Waals surface area contributed by atoms with Crippen molar-refractivity contribution in [3.63, 3.8) is 0 Å². The van der Waals surface area contributed by atoms with Gasteiger partial charge in [-0.25, -0.2) is 4.79 Å². The van der Waals surface area contributed by atoms with Crippen LogP contribution in [-0.4, -0.2) is 35.7 Å². The topological polar surface area (TPSA) is 115 Å². The van der Waals surface area contributed by atoms with Crippen molar-refractivity contribution in [2.75, 3.05) is 5.32 Å². The smallest absolute Gasteiger partial charge is 0.329 e. The first kappa shape index (κ1) is 21.9. The fourth-order valence-corrected chi connectivity index (χ4v) is 2.55. The highest BCUT2D eigenvalue weighted by molar-refractivity contribution is 6.05. The highest BCUT2D eigenvalue weighted by Gasteiger charge is 2.30. The van der Waals surface area contributed by atoms with E-state index in [2.05, 4.69) is 10.6 Å². The summed E-state index contributed by atoms with van der Waals surface area (Å²) < 4.78 is 10.3. The number of rotatable bonds is 8. The van der Waals surface area contributed by atoms with Crippen molar-refractivity contribution >= 4 is 29.3 Å². The number of ketones is 1. The van der Waals surface area contributed by atoms with E-state index in [0.29, 0.717) is 11.3 Å². The van der Waals surface area contributed by atoms with Crippen LogP contribution in [0.5, 0.6) is 0 Å². The van der Waals surface area contributed by atoms with Crippen molar-refractivity contribution in [1.29, 1.82) is 0 Å². The van der Waals surface area contributed by atoms with Crippen LogP contribution >= 0.6 is 0 Å². The maximum atomic E-state index is 12.5. The molecule has 0 spiro atoms. The lowest BCUT2D eigenvalue weighted by atomic mass is 10.0. The molecule has 0 aliphatic carbocycles. The fourth-order valence-electron chi connectivity index (χ4n) is 2.55. The van der Waals surface area contributed by atoms with Crippen LogP contribution in [-0.2, 0) is 14.3 Å². The van der Waals surface area contributed by atoms with Crippen molar-refractivity contribution in [2.24, 2.45) is 5.92 Å². The van der Waals surface area contributed by atoms with Gasteiger partial charge in [0.1, 0.15) is 6.04 Å². The van der Waals surface area contributed by atoms with E-state index in [9.17, 15) is 19.2 Å². The number of benzene rings is 1. The Morgan fingerprint density at radius 2 is 1.69 bits per heavy atom. The van der Waals surface area contributed by atoms with Crippen molar-refractivity contribution in [3.05, 3.63) is 54.0 Å². The Morgan fingerprint density at radius 3 is 2.28 bits per heavy atom. The highest BCUT2D eigenvalue weighted by atomic mass is 16.5. The van der Waals surface area contributed by atoms with Crippen molar-refractivity contribution in [1.82, 2.24) is 5.32 Å². The zero-order valence-corrected chi connectivity index (χ0v) is 16.7. The number of amides is 2. The molecule has 154 valence electrons. The molecule has 8 heteroatoms. The summed E-state index contributed by atoms with van der Waals surface area (Å²) in [4.78, 5) is 48.8. The van der Waals surface area contributed by atoms with Crippen molar-refractivity contribution in [2.45, 2.75) is 39.8 Å². The number of Topliss-reactive ketones (excluding diaryl/α,β-unsaturated/α-hetero) is 1. The van der Waals surface area contributed by atoms with Crippen LogP contribution in [0.1, 0.15) is 48.6 Å². The summed E-state index contributed by atoms with van der Waals surface area (Å²) in [5, 5.41) is 5.14. The first-order valence-corrected chi connectivity index (χ1v) is 9.16. The van der Waals surface area contributed by atoms with Gasteiger partial charge in [0.15, 0.2) is 17.6 Å². The average Bonchev–Trinajstić information content (AvgIpc) is 3.20. The molecule has 0 fully saturated rings. The standard InChI is InChI=1S/C21H24N2O6/c1-12(2)18(23-20(26)17-10-7-11-28-17)21(27)29-14(4)19(25)22-16-9-6-5-8-15(16)13(3)24/h5-12,14,18H,1-4H3,(H,22,25)(H,23,26)/t14-,18-/m0/s1. The van der Waals surface area contributed by atoms with E-state index in [4.69, 9.17) is 9.15 Å². The molecule has 29 heavy (non-hydrogen) atoms. The molecular formula is C21H24N2O6. The third-order valence-corrected chi connectivity index (χ3v) is 4.18. The van der Waals surface area contributed by atoms with Gasteiger partial charge >= 0.3 is 5.97 Å². The van der Waals surface area contributed by atoms with Crippen LogP contribution in [0.2, 0.25) is 0 Å². The van der Waals surface area contributed by atoms with Crippen LogP contribution in [0.3, 0.4) is 0 Å². The largest absolute Gasteiger partial charge is 0.459 e. The monoisotopic (exact) mass is 400 g/mol. The molecule has 1 aromatic heterocycles. The molecule has 0 saturated heterocycles. The van der Waals surface area contributed by atoms with Crippen molar-refractivity contribution in [3.8, 4) is 0 Å². The minimum Gasteiger partial charge on any atom is -0.459 e. The summed E-state index contributed by atoms with van der Waals surface area (Å²) in [5.41, 5.74) is 0.685. The van der Waals surface area contributed by atoms with Gasteiger partial charge in [-0.15, -0.1) is 0 Å². The summed E-state index contributed by atoms with van der Waals surface area (Å²) in [5.74, 6) is -2.32. The third-order valence-electron chi connectivity index (χ3n) is 4.18. The van der Waals surface area contributed by atoms with Gasteiger partial charge in [0.05, 0.1) is 12.0 Å². The summed E-state index contributed by atoms with van der Waals surface area (Å²) in [6.45, 7) is 6.28. The zero-order valence-electron chi connectivity index (χ0n) is 16.7. The molecule has 2 rings (SSSR count). The molecule has 2 N–H and O–H groups in total. The summed E-state index contributed by atoms with van der Waals surface area (Å²) >= 11 is 0. The maximum Gasteiger partial charge on any atom is 0.329 e. The Hall–Kier alpha value is -3.42. The Bertz CT molecular complexity index is 888. The van der Waals surface area contributed by atoms with E-state index in [1.807, 2.05) is 0 Å². The number of hydrogen-bond donors (Lipinski definition) is 2. The zero-order chi connectivity index (χ0) is 21.6. The van der Waals surface area contributed by atoms with Crippen LogP contribution in [0.15, 0.2) is 47.1 Å². The predicted octanol–water partition coefficient (Wildman–Crippen LogP) is 2.81. The minimum atomic E-state index is -1.13. The molecule has 0 aliphatic heterocycles. The van der Waals surface area contributed by atoms with Gasteiger partial charge in [0.2, 0.25) is 0 Å². The number of para-hydroxylation sites is 1. The number of nitrogens with one attached hydrogen (secondary N) is 2. The van der Waals surface area contributed by atoms with Crippen molar-refractivity contribution < 1.29 is 28.3 Å². The van der Waals surface area contributed by atoms with Crippen LogP contribution < -0.4 is 10.6 Å². The van der Waals surface area contributed by atoms with E-state index < -0.39 is 29.9 Å². The molecular weight excluding hydrogens is 376 g/mol. The number of anilines is 1. The molecule has 2 atom stereocenters. The summed E-state index contributed by atoms with van der Waals surface area (Å²) in [6.07, 6.45) is 0.215. The molecule has 0 aliphatic rings. The third kappa shape index (κ3) is 5.78. The van der Waals surface area contributed by atoms with Gasteiger partial charge in [0.25, 0.3) is 11.8 Å². The lowest BCUT2D eigenvalue weighted by Gasteiger charge is -2.22. The van der Waals surface area contributed by atoms with E-state index in [1.54, 1.807) is 44.2 Å². The van der Waals surface area contributed by atoms with Crippen LogP contribution in [0.4, 0.5) is 5.69 Å². The molecule has 8 nitrogen and oxygen atoms in total. The Kier molecular flexibility index (Phi) is 7.30. The fraction of sp³-hybridized carbons (Fsp3) is 0.333. The average molecular weight is 400 g/mol. The molecule has 2 amide bonds. The molecule has 1 heterocycles. The number of ether oxygens (including phenoxy) is 1. The molecule has 0 radical (unpaired) electrons. The second-order valence-corrected chi connectivity index (χ2v) is 6.84. The van der Waals surface area contributed by atoms with Gasteiger partial charge in [-0.2, -0.15) is 0 Å². The number of furan rings is 1. The minimum absolute atomic E-state index is 0.0649. The van der Waals surface area contributed by atoms with Crippen LogP contribution in [0, 0.1) is 5.92 Å². The normalized spacial score (nSPS) is 12.7. The number of carbonyl (C=O) groups is 4. The highest BCUT2D eigenvalue weighted by Crippen LogP contribution is 2.16. The van der Waals surface area contributed by atoms with E-state index in [0.717, 1.165) is 0 Å². The lowest BCUT2D eigenvalue weighted by molar-refractivity contribution is -0.156. The van der Waals surface area contributed by atoms with Crippen LogP contribution in [0.25, 0.3) is 0 Å².